The maximum atomic E-state index is 12.0. The molecule has 22 heavy (non-hydrogen) atoms. The Hall–Kier alpha value is -2.11. The Balaban J connectivity index is 2.02. The molecule has 0 radical (unpaired) electrons. The van der Waals surface area contributed by atoms with Crippen molar-refractivity contribution in [2.24, 2.45) is 4.99 Å². The Morgan fingerprint density at radius 1 is 1.36 bits per heavy atom. The average Bonchev–Trinajstić information content (AvgIpc) is 3.06. The summed E-state index contributed by atoms with van der Waals surface area (Å²) >= 11 is 7.54. The molecule has 6 heteroatoms. The standard InChI is InChI=1S/C16H12ClNO3S/c1-9-5-6-22-14(9)8-12-16(19)21-15(18-12)11-7-10(17)3-4-13(11)20-2/h3-8H,1-2H3. The van der Waals surface area contributed by atoms with Gasteiger partial charge in [-0.15, -0.1) is 11.3 Å². The number of halogens is 1. The van der Waals surface area contributed by atoms with Gasteiger partial charge in [-0.05, 0) is 48.2 Å². The van der Waals surface area contributed by atoms with Gasteiger partial charge in [0.15, 0.2) is 5.70 Å². The number of ether oxygens (including phenoxy) is 2. The highest BCUT2D eigenvalue weighted by Gasteiger charge is 2.26. The number of benzene rings is 1. The molecule has 0 bridgehead atoms. The van der Waals surface area contributed by atoms with Crippen molar-refractivity contribution in [1.29, 1.82) is 0 Å². The number of esters is 1. The van der Waals surface area contributed by atoms with Gasteiger partial charge >= 0.3 is 5.97 Å². The summed E-state index contributed by atoms with van der Waals surface area (Å²) < 4.78 is 10.5. The molecule has 0 spiro atoms. The zero-order valence-electron chi connectivity index (χ0n) is 11.9. The number of aryl methyl sites for hydroxylation is 1. The minimum absolute atomic E-state index is 0.199. The molecule has 0 unspecified atom stereocenters. The molecule has 0 saturated heterocycles. The maximum absolute atomic E-state index is 12.0. The van der Waals surface area contributed by atoms with E-state index in [1.807, 2.05) is 18.4 Å². The maximum Gasteiger partial charge on any atom is 0.363 e. The van der Waals surface area contributed by atoms with Gasteiger partial charge in [-0.2, -0.15) is 0 Å². The van der Waals surface area contributed by atoms with E-state index >= 15 is 0 Å². The quantitative estimate of drug-likeness (QED) is 0.628. The van der Waals surface area contributed by atoms with Crippen LogP contribution in [0.15, 0.2) is 40.3 Å². The molecule has 1 aromatic carbocycles. The van der Waals surface area contributed by atoms with Crippen molar-refractivity contribution in [2.75, 3.05) is 7.11 Å². The summed E-state index contributed by atoms with van der Waals surface area (Å²) in [6, 6.07) is 7.06. The summed E-state index contributed by atoms with van der Waals surface area (Å²) in [5, 5.41) is 2.48. The van der Waals surface area contributed by atoms with Gasteiger partial charge in [-0.25, -0.2) is 9.79 Å². The van der Waals surface area contributed by atoms with E-state index < -0.39 is 5.97 Å². The number of thiophene rings is 1. The topological polar surface area (TPSA) is 47.9 Å². The smallest absolute Gasteiger partial charge is 0.363 e. The van der Waals surface area contributed by atoms with Crippen LogP contribution in [-0.4, -0.2) is 19.0 Å². The number of carbonyl (C=O) groups excluding carboxylic acids is 1. The molecule has 0 fully saturated rings. The first-order valence-corrected chi connectivity index (χ1v) is 7.75. The summed E-state index contributed by atoms with van der Waals surface area (Å²) in [7, 11) is 1.54. The van der Waals surface area contributed by atoms with Gasteiger partial charge in [0.2, 0.25) is 5.90 Å². The zero-order valence-corrected chi connectivity index (χ0v) is 13.5. The summed E-state index contributed by atoms with van der Waals surface area (Å²) in [6.07, 6.45) is 1.73. The molecule has 0 N–H and O–H groups in total. The van der Waals surface area contributed by atoms with E-state index in [4.69, 9.17) is 21.1 Å². The molecule has 0 amide bonds. The summed E-state index contributed by atoms with van der Waals surface area (Å²) in [4.78, 5) is 17.3. The van der Waals surface area contributed by atoms with Gasteiger partial charge in [-0.1, -0.05) is 11.6 Å². The second-order valence-corrected chi connectivity index (χ2v) is 6.03. The first-order chi connectivity index (χ1) is 10.6. The van der Waals surface area contributed by atoms with Gasteiger partial charge in [0, 0.05) is 9.90 Å². The van der Waals surface area contributed by atoms with Crippen LogP contribution in [0.1, 0.15) is 16.0 Å². The summed E-state index contributed by atoms with van der Waals surface area (Å²) in [5.74, 6) is 0.263. The number of rotatable bonds is 3. The van der Waals surface area contributed by atoms with Gasteiger partial charge < -0.3 is 9.47 Å². The molecule has 2 aromatic rings. The molecule has 4 nitrogen and oxygen atoms in total. The fourth-order valence-electron chi connectivity index (χ4n) is 2.03. The van der Waals surface area contributed by atoms with Crippen molar-refractivity contribution < 1.29 is 14.3 Å². The van der Waals surface area contributed by atoms with Gasteiger partial charge in [0.1, 0.15) is 5.75 Å². The normalized spacial score (nSPS) is 15.9. The number of nitrogens with zero attached hydrogens (tertiary/aromatic N) is 1. The Labute approximate surface area is 136 Å². The highest BCUT2D eigenvalue weighted by atomic mass is 35.5. The van der Waals surface area contributed by atoms with Crippen LogP contribution in [0, 0.1) is 6.92 Å². The van der Waals surface area contributed by atoms with Crippen molar-refractivity contribution >= 4 is 40.9 Å². The third kappa shape index (κ3) is 2.77. The molecular formula is C16H12ClNO3S. The first kappa shape index (κ1) is 14.8. The molecule has 3 rings (SSSR count). The lowest BCUT2D eigenvalue weighted by Crippen LogP contribution is -2.07. The highest BCUT2D eigenvalue weighted by Crippen LogP contribution is 2.28. The third-order valence-corrected chi connectivity index (χ3v) is 4.38. The molecule has 1 aromatic heterocycles. The van der Waals surface area contributed by atoms with Gasteiger partial charge in [-0.3, -0.25) is 0 Å². The lowest BCUT2D eigenvalue weighted by atomic mass is 10.2. The second-order valence-electron chi connectivity index (χ2n) is 4.65. The van der Waals surface area contributed by atoms with Crippen LogP contribution in [0.4, 0.5) is 0 Å². The van der Waals surface area contributed by atoms with Gasteiger partial charge in [0.25, 0.3) is 0 Å². The highest BCUT2D eigenvalue weighted by molar-refractivity contribution is 7.11. The fourth-order valence-corrected chi connectivity index (χ4v) is 3.05. The van der Waals surface area contributed by atoms with E-state index in [2.05, 4.69) is 4.99 Å². The number of aliphatic imine (C=N–C) groups is 1. The van der Waals surface area contributed by atoms with Crippen LogP contribution in [0.25, 0.3) is 6.08 Å². The van der Waals surface area contributed by atoms with Crippen LogP contribution in [-0.2, 0) is 9.53 Å². The van der Waals surface area contributed by atoms with Crippen molar-refractivity contribution in [3.05, 3.63) is 56.4 Å². The Bertz CT molecular complexity index is 807. The van der Waals surface area contributed by atoms with E-state index in [9.17, 15) is 4.79 Å². The molecule has 0 saturated carbocycles. The molecule has 2 heterocycles. The van der Waals surface area contributed by atoms with Crippen LogP contribution >= 0.6 is 22.9 Å². The van der Waals surface area contributed by atoms with E-state index in [0.717, 1.165) is 10.4 Å². The SMILES string of the molecule is COc1ccc(Cl)cc1C1=NC(=Cc2sccc2C)C(=O)O1. The Kier molecular flexibility index (Phi) is 4.00. The number of hydrogen-bond acceptors (Lipinski definition) is 5. The number of cyclic esters (lactones) is 1. The van der Waals surface area contributed by atoms with Crippen molar-refractivity contribution in [3.63, 3.8) is 0 Å². The lowest BCUT2D eigenvalue weighted by molar-refractivity contribution is -0.129. The Morgan fingerprint density at radius 3 is 2.86 bits per heavy atom. The predicted octanol–water partition coefficient (Wildman–Crippen LogP) is 4.06. The van der Waals surface area contributed by atoms with E-state index in [1.54, 1.807) is 35.6 Å². The average molecular weight is 334 g/mol. The van der Waals surface area contributed by atoms with Gasteiger partial charge in [0.05, 0.1) is 12.7 Å². The minimum Gasteiger partial charge on any atom is -0.496 e. The molecule has 1 aliphatic heterocycles. The lowest BCUT2D eigenvalue weighted by Gasteiger charge is -2.07. The first-order valence-electron chi connectivity index (χ1n) is 6.49. The largest absolute Gasteiger partial charge is 0.496 e. The molecule has 0 atom stereocenters. The van der Waals surface area contributed by atoms with E-state index in [0.29, 0.717) is 16.3 Å². The van der Waals surface area contributed by atoms with Crippen molar-refractivity contribution in [3.8, 4) is 5.75 Å². The van der Waals surface area contributed by atoms with Crippen LogP contribution in [0.2, 0.25) is 5.02 Å². The summed E-state index contributed by atoms with van der Waals surface area (Å²) in [5.41, 5.74) is 1.91. The number of carbonyl (C=O) groups is 1. The van der Waals surface area contributed by atoms with E-state index in [1.165, 1.54) is 7.11 Å². The summed E-state index contributed by atoms with van der Waals surface area (Å²) in [6.45, 7) is 1.98. The minimum atomic E-state index is -0.482. The van der Waals surface area contributed by atoms with Crippen LogP contribution in [0.3, 0.4) is 0 Å². The third-order valence-electron chi connectivity index (χ3n) is 3.18. The number of hydrogen-bond donors (Lipinski definition) is 0. The predicted molar refractivity (Wildman–Crippen MR) is 87.7 cm³/mol. The molecule has 1 aliphatic rings. The van der Waals surface area contributed by atoms with Crippen molar-refractivity contribution in [2.45, 2.75) is 6.92 Å². The molecule has 112 valence electrons. The molecular weight excluding hydrogens is 322 g/mol. The fraction of sp³-hybridized carbons (Fsp3) is 0.125. The second kappa shape index (κ2) is 5.94. The van der Waals surface area contributed by atoms with Crippen LogP contribution in [0.5, 0.6) is 5.75 Å². The van der Waals surface area contributed by atoms with E-state index in [-0.39, 0.29) is 11.6 Å². The molecule has 0 aliphatic carbocycles. The monoisotopic (exact) mass is 333 g/mol. The zero-order chi connectivity index (χ0) is 15.7. The Morgan fingerprint density at radius 2 is 2.18 bits per heavy atom. The van der Waals surface area contributed by atoms with Crippen LogP contribution < -0.4 is 4.74 Å². The number of methoxy groups -OCH3 is 1. The van der Waals surface area contributed by atoms with Crippen molar-refractivity contribution in [1.82, 2.24) is 0 Å².